The summed E-state index contributed by atoms with van der Waals surface area (Å²) in [7, 11) is 0. The highest BCUT2D eigenvalue weighted by molar-refractivity contribution is 6.32. The summed E-state index contributed by atoms with van der Waals surface area (Å²) >= 11 is 11.8. The van der Waals surface area contributed by atoms with Crippen molar-refractivity contribution >= 4 is 23.2 Å². The Balaban J connectivity index is 2.13. The predicted octanol–water partition coefficient (Wildman–Crippen LogP) is 4.76. The molecule has 20 heavy (non-hydrogen) atoms. The summed E-state index contributed by atoms with van der Waals surface area (Å²) < 4.78 is 19.2. The average Bonchev–Trinajstić information content (AvgIpc) is 2.41. The van der Waals surface area contributed by atoms with Crippen molar-refractivity contribution in [2.24, 2.45) is 0 Å². The van der Waals surface area contributed by atoms with Crippen LogP contribution in [0, 0.1) is 5.82 Å². The molecule has 0 saturated heterocycles. The molecule has 0 aliphatic carbocycles. The number of rotatable bonds is 4. The van der Waals surface area contributed by atoms with Crippen LogP contribution in [0.15, 0.2) is 36.4 Å². The fourth-order valence-electron chi connectivity index (χ4n) is 1.71. The minimum atomic E-state index is -0.605. The van der Waals surface area contributed by atoms with Gasteiger partial charge in [0.15, 0.2) is 0 Å². The molecule has 0 heterocycles. The Hall–Kier alpha value is -1.29. The number of ether oxygens (including phenoxy) is 1. The van der Waals surface area contributed by atoms with Crippen LogP contribution in [0.4, 0.5) is 4.39 Å². The summed E-state index contributed by atoms with van der Waals surface area (Å²) in [6, 6.07) is 9.70. The van der Waals surface area contributed by atoms with Crippen LogP contribution in [-0.4, -0.2) is 5.11 Å². The van der Waals surface area contributed by atoms with Gasteiger partial charge in [0.25, 0.3) is 0 Å². The van der Waals surface area contributed by atoms with E-state index < -0.39 is 11.9 Å². The van der Waals surface area contributed by atoms with Gasteiger partial charge in [-0.3, -0.25) is 0 Å². The van der Waals surface area contributed by atoms with E-state index in [0.29, 0.717) is 21.9 Å². The zero-order valence-electron chi connectivity index (χ0n) is 10.7. The molecule has 2 aromatic carbocycles. The smallest absolute Gasteiger partial charge is 0.148 e. The molecule has 0 bridgehead atoms. The van der Waals surface area contributed by atoms with Gasteiger partial charge in [-0.15, -0.1) is 0 Å². The van der Waals surface area contributed by atoms with Crippen LogP contribution in [0.1, 0.15) is 24.2 Å². The van der Waals surface area contributed by atoms with Crippen LogP contribution in [-0.2, 0) is 6.61 Å². The summed E-state index contributed by atoms with van der Waals surface area (Å²) in [6.45, 7) is 1.67. The molecule has 0 spiro atoms. The van der Waals surface area contributed by atoms with E-state index >= 15 is 0 Å². The van der Waals surface area contributed by atoms with Crippen molar-refractivity contribution in [1.82, 2.24) is 0 Å². The van der Waals surface area contributed by atoms with Crippen molar-refractivity contribution in [3.8, 4) is 5.75 Å². The summed E-state index contributed by atoms with van der Waals surface area (Å²) in [4.78, 5) is 0. The van der Waals surface area contributed by atoms with Crippen LogP contribution in [0.5, 0.6) is 5.75 Å². The van der Waals surface area contributed by atoms with Crippen LogP contribution < -0.4 is 4.74 Å². The molecular formula is C15H13Cl2FO2. The average molecular weight is 315 g/mol. The second-order valence-electron chi connectivity index (χ2n) is 4.37. The number of halogens is 3. The lowest BCUT2D eigenvalue weighted by Gasteiger charge is -2.11. The fraction of sp³-hybridized carbons (Fsp3) is 0.200. The van der Waals surface area contributed by atoms with Crippen molar-refractivity contribution in [3.63, 3.8) is 0 Å². The van der Waals surface area contributed by atoms with Gasteiger partial charge in [0, 0.05) is 5.56 Å². The lowest BCUT2D eigenvalue weighted by atomic mass is 10.1. The molecule has 2 rings (SSSR count). The molecule has 1 atom stereocenters. The summed E-state index contributed by atoms with van der Waals surface area (Å²) in [5, 5.41) is 9.87. The maximum atomic E-state index is 13.7. The van der Waals surface area contributed by atoms with Crippen molar-refractivity contribution in [2.75, 3.05) is 0 Å². The maximum Gasteiger partial charge on any atom is 0.148 e. The lowest BCUT2D eigenvalue weighted by Crippen LogP contribution is -2.00. The van der Waals surface area contributed by atoms with E-state index in [0.717, 1.165) is 0 Å². The first-order valence-electron chi connectivity index (χ1n) is 6.02. The summed E-state index contributed by atoms with van der Waals surface area (Å²) in [6.07, 6.45) is -0.605. The normalized spacial score (nSPS) is 12.2. The first-order chi connectivity index (χ1) is 9.49. The topological polar surface area (TPSA) is 29.5 Å². The SMILES string of the molecule is C[C@H](O)c1ccc(OCc2cccc(Cl)c2F)c(Cl)c1. The second kappa shape index (κ2) is 6.44. The van der Waals surface area contributed by atoms with E-state index in [4.69, 9.17) is 27.9 Å². The molecule has 0 fully saturated rings. The van der Waals surface area contributed by atoms with Gasteiger partial charge in [0.1, 0.15) is 18.2 Å². The molecule has 0 aliphatic rings. The third-order valence-electron chi connectivity index (χ3n) is 2.85. The first-order valence-corrected chi connectivity index (χ1v) is 6.78. The minimum absolute atomic E-state index is 0.0279. The number of hydrogen-bond donors (Lipinski definition) is 1. The highest BCUT2D eigenvalue weighted by Crippen LogP contribution is 2.29. The molecule has 0 saturated carbocycles. The van der Waals surface area contributed by atoms with E-state index in [1.165, 1.54) is 6.07 Å². The fourth-order valence-corrected chi connectivity index (χ4v) is 2.15. The Bertz CT molecular complexity index is 615. The quantitative estimate of drug-likeness (QED) is 0.881. The van der Waals surface area contributed by atoms with E-state index in [1.807, 2.05) is 0 Å². The Morgan fingerprint density at radius 3 is 2.60 bits per heavy atom. The molecule has 5 heteroatoms. The van der Waals surface area contributed by atoms with Crippen LogP contribution in [0.3, 0.4) is 0 Å². The lowest BCUT2D eigenvalue weighted by molar-refractivity contribution is 0.199. The Morgan fingerprint density at radius 1 is 1.20 bits per heavy atom. The van der Waals surface area contributed by atoms with Crippen LogP contribution >= 0.6 is 23.2 Å². The maximum absolute atomic E-state index is 13.7. The van der Waals surface area contributed by atoms with E-state index in [9.17, 15) is 9.50 Å². The molecular weight excluding hydrogens is 302 g/mol. The highest BCUT2D eigenvalue weighted by atomic mass is 35.5. The number of aliphatic hydroxyl groups excluding tert-OH is 1. The number of aliphatic hydroxyl groups is 1. The second-order valence-corrected chi connectivity index (χ2v) is 5.18. The molecule has 2 aromatic rings. The van der Waals surface area contributed by atoms with Gasteiger partial charge in [-0.2, -0.15) is 0 Å². The summed E-state index contributed by atoms with van der Waals surface area (Å²) in [5.41, 5.74) is 1.05. The Labute approximate surface area is 126 Å². The van der Waals surface area contributed by atoms with Gasteiger partial charge >= 0.3 is 0 Å². The molecule has 106 valence electrons. The molecule has 0 unspecified atom stereocenters. The Morgan fingerprint density at radius 2 is 1.95 bits per heavy atom. The molecule has 0 aromatic heterocycles. The minimum Gasteiger partial charge on any atom is -0.487 e. The molecule has 1 N–H and O–H groups in total. The van der Waals surface area contributed by atoms with Gasteiger partial charge in [0.2, 0.25) is 0 Å². The Kier molecular flexibility index (Phi) is 4.86. The number of benzene rings is 2. The molecule has 0 aliphatic heterocycles. The first kappa shape index (κ1) is 15.1. The highest BCUT2D eigenvalue weighted by Gasteiger charge is 2.10. The van der Waals surface area contributed by atoms with Gasteiger partial charge in [-0.05, 0) is 30.7 Å². The van der Waals surface area contributed by atoms with Crippen molar-refractivity contribution in [3.05, 3.63) is 63.4 Å². The predicted molar refractivity (Wildman–Crippen MR) is 77.8 cm³/mol. The van der Waals surface area contributed by atoms with Crippen molar-refractivity contribution < 1.29 is 14.2 Å². The molecule has 2 nitrogen and oxygen atoms in total. The van der Waals surface area contributed by atoms with Crippen LogP contribution in [0.2, 0.25) is 10.0 Å². The van der Waals surface area contributed by atoms with Crippen molar-refractivity contribution in [2.45, 2.75) is 19.6 Å². The van der Waals surface area contributed by atoms with Crippen molar-refractivity contribution in [1.29, 1.82) is 0 Å². The van der Waals surface area contributed by atoms with Crippen LogP contribution in [0.25, 0.3) is 0 Å². The third-order valence-corrected chi connectivity index (χ3v) is 3.44. The molecule has 0 amide bonds. The zero-order chi connectivity index (χ0) is 14.7. The van der Waals surface area contributed by atoms with E-state index in [-0.39, 0.29) is 11.6 Å². The molecule has 0 radical (unpaired) electrons. The summed E-state index contributed by atoms with van der Waals surface area (Å²) in [5.74, 6) is -0.0682. The van der Waals surface area contributed by atoms with E-state index in [1.54, 1.807) is 37.3 Å². The monoisotopic (exact) mass is 314 g/mol. The van der Waals surface area contributed by atoms with Gasteiger partial charge in [-0.1, -0.05) is 41.4 Å². The van der Waals surface area contributed by atoms with E-state index in [2.05, 4.69) is 0 Å². The third kappa shape index (κ3) is 3.42. The van der Waals surface area contributed by atoms with Gasteiger partial charge in [-0.25, -0.2) is 4.39 Å². The van der Waals surface area contributed by atoms with Gasteiger partial charge < -0.3 is 9.84 Å². The largest absolute Gasteiger partial charge is 0.487 e. The number of hydrogen-bond acceptors (Lipinski definition) is 2. The zero-order valence-corrected chi connectivity index (χ0v) is 12.2. The standard InChI is InChI=1S/C15H13Cl2FO2/c1-9(19)10-5-6-14(13(17)7-10)20-8-11-3-2-4-12(16)15(11)18/h2-7,9,19H,8H2,1H3/t9-/m0/s1. The van der Waals surface area contributed by atoms with Gasteiger partial charge in [0.05, 0.1) is 16.1 Å².